The van der Waals surface area contributed by atoms with E-state index in [-0.39, 0.29) is 16.9 Å². The van der Waals surface area contributed by atoms with Crippen molar-refractivity contribution < 1.29 is 9.90 Å². The van der Waals surface area contributed by atoms with Crippen molar-refractivity contribution in [3.8, 4) is 5.75 Å². The smallest absolute Gasteiger partial charge is 0.266 e. The molecule has 0 saturated heterocycles. The highest BCUT2D eigenvalue weighted by atomic mass is 32.2. The molecule has 18 heavy (non-hydrogen) atoms. The number of fused-ring (bicyclic) bond motifs is 1. The van der Waals surface area contributed by atoms with Crippen LogP contribution in [0.15, 0.2) is 45.7 Å². The molecule has 4 nitrogen and oxygen atoms in total. The number of amides is 1. The van der Waals surface area contributed by atoms with E-state index in [0.29, 0.717) is 12.3 Å². The zero-order valence-corrected chi connectivity index (χ0v) is 10.2. The number of rotatable bonds is 2. The van der Waals surface area contributed by atoms with Crippen LogP contribution in [0.25, 0.3) is 0 Å². The molecule has 5 heteroatoms. The lowest BCUT2D eigenvalue weighted by molar-refractivity contribution is -0.116. The van der Waals surface area contributed by atoms with Gasteiger partial charge in [-0.25, -0.2) is 4.99 Å². The van der Waals surface area contributed by atoms with Crippen molar-refractivity contribution in [2.45, 2.75) is 11.7 Å². The van der Waals surface area contributed by atoms with Crippen LogP contribution in [-0.2, 0) is 11.2 Å². The van der Waals surface area contributed by atoms with Gasteiger partial charge in [0.2, 0.25) is 0 Å². The summed E-state index contributed by atoms with van der Waals surface area (Å²) in [6.45, 7) is 0. The molecule has 1 amide bonds. The van der Waals surface area contributed by atoms with Crippen LogP contribution >= 0.6 is 11.8 Å². The number of hydrogen-bond donors (Lipinski definition) is 1. The van der Waals surface area contributed by atoms with Gasteiger partial charge in [-0.15, -0.1) is 11.8 Å². The molecular weight excluding hydrogens is 248 g/mol. The number of phenolic OH excluding ortho intramolecular Hbond substituents is 1. The molecule has 1 N–H and O–H groups in total. The molecule has 0 bridgehead atoms. The van der Waals surface area contributed by atoms with Crippen LogP contribution in [-0.4, -0.2) is 27.8 Å². The van der Waals surface area contributed by atoms with Crippen LogP contribution in [0.4, 0.5) is 0 Å². The molecule has 0 aromatic heterocycles. The van der Waals surface area contributed by atoms with E-state index in [2.05, 4.69) is 9.98 Å². The zero-order chi connectivity index (χ0) is 12.5. The minimum atomic E-state index is -0.242. The summed E-state index contributed by atoms with van der Waals surface area (Å²) >= 11 is 1.44. The fraction of sp³-hybridized carbons (Fsp3) is 0.154. The van der Waals surface area contributed by atoms with Crippen LogP contribution in [0, 0.1) is 0 Å². The van der Waals surface area contributed by atoms with E-state index in [9.17, 15) is 9.90 Å². The standard InChI is InChI=1S/C13H10N2O2S/c16-9-3-1-8(2-4-9)7-11-14-10-5-6-18-12(10)13(17)15-11/h1-6,12,16H,7H2. The van der Waals surface area contributed by atoms with E-state index < -0.39 is 0 Å². The van der Waals surface area contributed by atoms with E-state index in [1.54, 1.807) is 24.3 Å². The number of benzene rings is 1. The Morgan fingerprint density at radius 2 is 2.00 bits per heavy atom. The van der Waals surface area contributed by atoms with Gasteiger partial charge in [-0.05, 0) is 29.2 Å². The number of aromatic hydroxyl groups is 1. The van der Waals surface area contributed by atoms with Crippen molar-refractivity contribution in [1.82, 2.24) is 0 Å². The lowest BCUT2D eigenvalue weighted by atomic mass is 10.1. The maximum absolute atomic E-state index is 11.8. The molecule has 2 heterocycles. The van der Waals surface area contributed by atoms with E-state index in [1.165, 1.54) is 11.8 Å². The third kappa shape index (κ3) is 2.09. The Balaban J connectivity index is 1.83. The Labute approximate surface area is 108 Å². The lowest BCUT2D eigenvalue weighted by Gasteiger charge is -2.13. The first-order valence-corrected chi connectivity index (χ1v) is 6.46. The second-order valence-corrected chi connectivity index (χ2v) is 5.08. The van der Waals surface area contributed by atoms with Crippen LogP contribution in [0.1, 0.15) is 5.56 Å². The maximum Gasteiger partial charge on any atom is 0.266 e. The third-order valence-corrected chi connectivity index (χ3v) is 3.75. The van der Waals surface area contributed by atoms with E-state index >= 15 is 0 Å². The predicted octanol–water partition coefficient (Wildman–Crippen LogP) is 1.94. The molecule has 0 radical (unpaired) electrons. The van der Waals surface area contributed by atoms with Crippen LogP contribution in [0.2, 0.25) is 0 Å². The Bertz CT molecular complexity index is 588. The molecule has 3 rings (SSSR count). The van der Waals surface area contributed by atoms with Crippen molar-refractivity contribution in [3.05, 3.63) is 41.3 Å². The first-order chi connectivity index (χ1) is 8.72. The second-order valence-electron chi connectivity index (χ2n) is 4.07. The minimum Gasteiger partial charge on any atom is -0.508 e. The van der Waals surface area contributed by atoms with Gasteiger partial charge in [-0.3, -0.25) is 4.79 Å². The molecule has 2 aliphatic heterocycles. The fourth-order valence-corrected chi connectivity index (χ4v) is 2.68. The van der Waals surface area contributed by atoms with Gasteiger partial charge in [0, 0.05) is 6.42 Å². The third-order valence-electron chi connectivity index (χ3n) is 2.74. The number of allylic oxidation sites excluding steroid dienone is 1. The summed E-state index contributed by atoms with van der Waals surface area (Å²) < 4.78 is 0. The van der Waals surface area contributed by atoms with Crippen molar-refractivity contribution in [1.29, 1.82) is 0 Å². The highest BCUT2D eigenvalue weighted by molar-refractivity contribution is 8.04. The van der Waals surface area contributed by atoms with E-state index in [0.717, 1.165) is 11.3 Å². The molecule has 1 atom stereocenters. The number of hydrogen-bond acceptors (Lipinski definition) is 4. The van der Waals surface area contributed by atoms with Crippen LogP contribution in [0.3, 0.4) is 0 Å². The molecular formula is C13H10N2O2S. The van der Waals surface area contributed by atoms with Gasteiger partial charge in [0.25, 0.3) is 5.91 Å². The molecule has 1 aromatic rings. The Kier molecular flexibility index (Phi) is 2.76. The summed E-state index contributed by atoms with van der Waals surface area (Å²) in [5.74, 6) is 0.620. The van der Waals surface area contributed by atoms with Gasteiger partial charge in [-0.1, -0.05) is 12.1 Å². The molecule has 90 valence electrons. The van der Waals surface area contributed by atoms with Gasteiger partial charge in [0.05, 0.1) is 5.71 Å². The van der Waals surface area contributed by atoms with E-state index in [4.69, 9.17) is 0 Å². The Morgan fingerprint density at radius 1 is 1.22 bits per heavy atom. The SMILES string of the molecule is O=C1N=C(Cc2ccc(O)cc2)N=C2C=CSC12. The summed E-state index contributed by atoms with van der Waals surface area (Å²) in [4.78, 5) is 20.2. The minimum absolute atomic E-state index is 0.135. The second kappa shape index (κ2) is 4.42. The van der Waals surface area contributed by atoms with Crippen molar-refractivity contribution >= 4 is 29.2 Å². The zero-order valence-electron chi connectivity index (χ0n) is 9.41. The lowest BCUT2D eigenvalue weighted by Crippen LogP contribution is -2.28. The van der Waals surface area contributed by atoms with Gasteiger partial charge in [0.1, 0.15) is 16.8 Å². The van der Waals surface area contributed by atoms with Gasteiger partial charge in [-0.2, -0.15) is 4.99 Å². The van der Waals surface area contributed by atoms with Crippen LogP contribution in [0.5, 0.6) is 5.75 Å². The average molecular weight is 258 g/mol. The van der Waals surface area contributed by atoms with Crippen molar-refractivity contribution in [2.75, 3.05) is 0 Å². The van der Waals surface area contributed by atoms with Gasteiger partial charge >= 0.3 is 0 Å². The fourth-order valence-electron chi connectivity index (χ4n) is 1.86. The molecule has 0 spiro atoms. The number of thioether (sulfide) groups is 1. The number of aliphatic imine (C=N–C) groups is 2. The number of carbonyl (C=O) groups is 1. The Morgan fingerprint density at radius 3 is 2.78 bits per heavy atom. The molecule has 0 aliphatic carbocycles. The van der Waals surface area contributed by atoms with Crippen molar-refractivity contribution in [3.63, 3.8) is 0 Å². The van der Waals surface area contributed by atoms with Crippen LogP contribution < -0.4 is 0 Å². The maximum atomic E-state index is 11.8. The first kappa shape index (κ1) is 11.2. The van der Waals surface area contributed by atoms with E-state index in [1.807, 2.05) is 11.5 Å². The summed E-state index contributed by atoms with van der Waals surface area (Å²) in [6.07, 6.45) is 2.36. The average Bonchev–Trinajstić information content (AvgIpc) is 2.81. The quantitative estimate of drug-likeness (QED) is 0.881. The summed E-state index contributed by atoms with van der Waals surface area (Å²) in [6, 6.07) is 6.82. The topological polar surface area (TPSA) is 62.0 Å². The molecule has 0 saturated carbocycles. The number of nitrogens with zero attached hydrogens (tertiary/aromatic N) is 2. The monoisotopic (exact) mass is 258 g/mol. The largest absolute Gasteiger partial charge is 0.508 e. The van der Waals surface area contributed by atoms with Gasteiger partial charge < -0.3 is 5.11 Å². The summed E-state index contributed by atoms with van der Waals surface area (Å²) in [5, 5.41) is 10.8. The summed E-state index contributed by atoms with van der Waals surface area (Å²) in [5.41, 5.74) is 1.76. The Hall–Kier alpha value is -1.88. The number of phenols is 1. The first-order valence-electron chi connectivity index (χ1n) is 5.52. The number of carbonyl (C=O) groups excluding carboxylic acids is 1. The molecule has 1 aromatic carbocycles. The normalized spacial score (nSPS) is 21.6. The molecule has 1 unspecified atom stereocenters. The summed E-state index contributed by atoms with van der Waals surface area (Å²) in [7, 11) is 0. The van der Waals surface area contributed by atoms with Crippen molar-refractivity contribution in [2.24, 2.45) is 9.98 Å². The van der Waals surface area contributed by atoms with Gasteiger partial charge in [0.15, 0.2) is 0 Å². The highest BCUT2D eigenvalue weighted by Crippen LogP contribution is 2.26. The molecule has 2 aliphatic rings. The number of amidine groups is 1. The predicted molar refractivity (Wildman–Crippen MR) is 72.2 cm³/mol. The highest BCUT2D eigenvalue weighted by Gasteiger charge is 2.30. The molecule has 0 fully saturated rings.